The highest BCUT2D eigenvalue weighted by molar-refractivity contribution is 5.70. The minimum absolute atomic E-state index is 0.0977. The molecular formula is C14H27NO3. The lowest BCUT2D eigenvalue weighted by Gasteiger charge is -2.27. The van der Waals surface area contributed by atoms with Crippen molar-refractivity contribution in [2.24, 2.45) is 17.6 Å². The molecule has 1 aliphatic carbocycles. The minimum atomic E-state index is -0.237. The second-order valence-electron chi connectivity index (χ2n) is 5.21. The number of rotatable bonds is 8. The van der Waals surface area contributed by atoms with Crippen LogP contribution < -0.4 is 5.73 Å². The topological polar surface area (TPSA) is 61.5 Å². The maximum absolute atomic E-state index is 11.3. The van der Waals surface area contributed by atoms with Gasteiger partial charge in [-0.15, -0.1) is 0 Å². The van der Waals surface area contributed by atoms with Crippen LogP contribution in [0.15, 0.2) is 0 Å². The van der Waals surface area contributed by atoms with Gasteiger partial charge in [-0.1, -0.05) is 13.3 Å². The van der Waals surface area contributed by atoms with Crippen molar-refractivity contribution in [3.63, 3.8) is 0 Å². The van der Waals surface area contributed by atoms with Gasteiger partial charge in [0.1, 0.15) is 6.61 Å². The molecule has 0 radical (unpaired) electrons. The fourth-order valence-corrected chi connectivity index (χ4v) is 2.31. The smallest absolute Gasteiger partial charge is 0.332 e. The monoisotopic (exact) mass is 257 g/mol. The van der Waals surface area contributed by atoms with Crippen LogP contribution in [0.2, 0.25) is 0 Å². The first-order chi connectivity index (χ1) is 8.76. The van der Waals surface area contributed by atoms with Gasteiger partial charge in [-0.2, -0.15) is 0 Å². The Morgan fingerprint density at radius 3 is 2.50 bits per heavy atom. The summed E-state index contributed by atoms with van der Waals surface area (Å²) in [7, 11) is 0. The van der Waals surface area contributed by atoms with Gasteiger partial charge in [-0.25, -0.2) is 4.79 Å². The van der Waals surface area contributed by atoms with Gasteiger partial charge in [0.25, 0.3) is 0 Å². The second kappa shape index (κ2) is 9.34. The third-order valence-electron chi connectivity index (χ3n) is 3.63. The molecule has 1 aliphatic rings. The average molecular weight is 257 g/mol. The Bertz CT molecular complexity index is 225. The standard InChI is InChI=1S/C14H27NO3/c1-2-3-8-18-14(16)11-17-10-13-6-4-12(9-15)5-7-13/h12-13H,2-11,15H2,1H3. The maximum Gasteiger partial charge on any atom is 0.332 e. The summed E-state index contributed by atoms with van der Waals surface area (Å²) in [5.74, 6) is 1.05. The fourth-order valence-electron chi connectivity index (χ4n) is 2.31. The number of hydrogen-bond acceptors (Lipinski definition) is 4. The molecule has 106 valence electrons. The summed E-state index contributed by atoms with van der Waals surface area (Å²) in [4.78, 5) is 11.3. The Hall–Kier alpha value is -0.610. The van der Waals surface area contributed by atoms with Crippen LogP contribution in [-0.2, 0) is 14.3 Å². The number of esters is 1. The number of unbranched alkanes of at least 4 members (excludes halogenated alkanes) is 1. The van der Waals surface area contributed by atoms with Crippen molar-refractivity contribution in [1.82, 2.24) is 0 Å². The first-order valence-corrected chi connectivity index (χ1v) is 7.19. The first kappa shape index (κ1) is 15.4. The van der Waals surface area contributed by atoms with Gasteiger partial charge in [0.2, 0.25) is 0 Å². The lowest BCUT2D eigenvalue weighted by atomic mass is 9.82. The molecule has 4 nitrogen and oxygen atoms in total. The molecule has 0 atom stereocenters. The molecular weight excluding hydrogens is 230 g/mol. The Morgan fingerprint density at radius 2 is 1.89 bits per heavy atom. The number of hydrogen-bond donors (Lipinski definition) is 1. The SMILES string of the molecule is CCCCOC(=O)COCC1CCC(CN)CC1. The number of carbonyl (C=O) groups is 1. The van der Waals surface area contributed by atoms with Crippen molar-refractivity contribution in [2.75, 3.05) is 26.4 Å². The summed E-state index contributed by atoms with van der Waals surface area (Å²) < 4.78 is 10.5. The summed E-state index contributed by atoms with van der Waals surface area (Å²) in [6.07, 6.45) is 6.71. The largest absolute Gasteiger partial charge is 0.464 e. The van der Waals surface area contributed by atoms with Crippen LogP contribution in [0, 0.1) is 11.8 Å². The van der Waals surface area contributed by atoms with Crippen LogP contribution in [0.3, 0.4) is 0 Å². The molecule has 4 heteroatoms. The Morgan fingerprint density at radius 1 is 1.22 bits per heavy atom. The van der Waals surface area contributed by atoms with Crippen LogP contribution >= 0.6 is 0 Å². The number of carbonyl (C=O) groups excluding carboxylic acids is 1. The normalized spacial score (nSPS) is 23.9. The molecule has 0 aliphatic heterocycles. The van der Waals surface area contributed by atoms with Gasteiger partial charge in [0.15, 0.2) is 0 Å². The van der Waals surface area contributed by atoms with E-state index in [4.69, 9.17) is 15.2 Å². The first-order valence-electron chi connectivity index (χ1n) is 7.19. The van der Waals surface area contributed by atoms with Crippen LogP contribution in [0.5, 0.6) is 0 Å². The molecule has 0 amide bonds. The summed E-state index contributed by atoms with van der Waals surface area (Å²) in [6, 6.07) is 0. The predicted molar refractivity (Wildman–Crippen MR) is 71.2 cm³/mol. The summed E-state index contributed by atoms with van der Waals surface area (Å²) in [5.41, 5.74) is 5.65. The van der Waals surface area contributed by atoms with Crippen molar-refractivity contribution in [3.05, 3.63) is 0 Å². The van der Waals surface area contributed by atoms with Crippen molar-refractivity contribution in [1.29, 1.82) is 0 Å². The zero-order valence-corrected chi connectivity index (χ0v) is 11.5. The molecule has 1 saturated carbocycles. The zero-order valence-electron chi connectivity index (χ0n) is 11.5. The van der Waals surface area contributed by atoms with Crippen molar-refractivity contribution in [2.45, 2.75) is 45.4 Å². The summed E-state index contributed by atoms with van der Waals surface area (Å²) in [6.45, 7) is 4.17. The van der Waals surface area contributed by atoms with E-state index in [9.17, 15) is 4.79 Å². The highest BCUT2D eigenvalue weighted by Gasteiger charge is 2.20. The van der Waals surface area contributed by atoms with Crippen LogP contribution in [-0.4, -0.2) is 32.3 Å². The molecule has 0 spiro atoms. The van der Waals surface area contributed by atoms with Crippen molar-refractivity contribution >= 4 is 5.97 Å². The van der Waals surface area contributed by atoms with Crippen molar-refractivity contribution in [3.8, 4) is 0 Å². The molecule has 2 N–H and O–H groups in total. The van der Waals surface area contributed by atoms with Gasteiger partial charge in [-0.3, -0.25) is 0 Å². The molecule has 0 heterocycles. The fraction of sp³-hybridized carbons (Fsp3) is 0.929. The summed E-state index contributed by atoms with van der Waals surface area (Å²) >= 11 is 0. The van der Waals surface area contributed by atoms with E-state index in [1.807, 2.05) is 0 Å². The zero-order chi connectivity index (χ0) is 13.2. The van der Waals surface area contributed by atoms with Gasteiger partial charge in [-0.05, 0) is 50.5 Å². The second-order valence-corrected chi connectivity index (χ2v) is 5.21. The van der Waals surface area contributed by atoms with Crippen LogP contribution in [0.25, 0.3) is 0 Å². The molecule has 0 unspecified atom stereocenters. The molecule has 1 rings (SSSR count). The van der Waals surface area contributed by atoms with E-state index in [2.05, 4.69) is 6.92 Å². The molecule has 0 aromatic heterocycles. The third kappa shape index (κ3) is 6.36. The maximum atomic E-state index is 11.3. The van der Waals surface area contributed by atoms with E-state index in [1.54, 1.807) is 0 Å². The van der Waals surface area contributed by atoms with E-state index >= 15 is 0 Å². The van der Waals surface area contributed by atoms with E-state index in [0.717, 1.165) is 19.4 Å². The highest BCUT2D eigenvalue weighted by Crippen LogP contribution is 2.28. The summed E-state index contributed by atoms with van der Waals surface area (Å²) in [5, 5.41) is 0. The molecule has 0 bridgehead atoms. The predicted octanol–water partition coefficient (Wildman–Crippen LogP) is 2.11. The van der Waals surface area contributed by atoms with Gasteiger partial charge >= 0.3 is 5.97 Å². The molecule has 0 saturated heterocycles. The molecule has 0 aromatic carbocycles. The Balaban J connectivity index is 1.99. The van der Waals surface area contributed by atoms with Gasteiger partial charge in [0.05, 0.1) is 13.2 Å². The third-order valence-corrected chi connectivity index (χ3v) is 3.63. The minimum Gasteiger partial charge on any atom is -0.464 e. The van der Waals surface area contributed by atoms with Crippen LogP contribution in [0.1, 0.15) is 45.4 Å². The number of ether oxygens (including phenoxy) is 2. The number of nitrogens with two attached hydrogens (primary N) is 1. The lowest BCUT2D eigenvalue weighted by Crippen LogP contribution is -2.24. The van der Waals surface area contributed by atoms with Crippen LogP contribution in [0.4, 0.5) is 0 Å². The van der Waals surface area contributed by atoms with E-state index in [0.29, 0.717) is 25.0 Å². The molecule has 1 fully saturated rings. The molecule has 0 aromatic rings. The van der Waals surface area contributed by atoms with E-state index < -0.39 is 0 Å². The Kier molecular flexibility index (Phi) is 8.01. The van der Waals surface area contributed by atoms with E-state index in [-0.39, 0.29) is 12.6 Å². The van der Waals surface area contributed by atoms with Gasteiger partial charge in [0, 0.05) is 0 Å². The van der Waals surface area contributed by atoms with Crippen molar-refractivity contribution < 1.29 is 14.3 Å². The molecule has 18 heavy (non-hydrogen) atoms. The lowest BCUT2D eigenvalue weighted by molar-refractivity contribution is -0.149. The quantitative estimate of drug-likeness (QED) is 0.534. The average Bonchev–Trinajstić information content (AvgIpc) is 2.40. The highest BCUT2D eigenvalue weighted by atomic mass is 16.6. The van der Waals surface area contributed by atoms with E-state index in [1.165, 1.54) is 25.7 Å². The van der Waals surface area contributed by atoms with Gasteiger partial charge < -0.3 is 15.2 Å². The Labute approximate surface area is 110 Å².